The molecule has 0 fully saturated rings. The molecule has 1 rings (SSSR count). The number of hydrogen-bond acceptors (Lipinski definition) is 3. The lowest BCUT2D eigenvalue weighted by molar-refractivity contribution is -0.122. The second-order valence-electron chi connectivity index (χ2n) is 5.08. The lowest BCUT2D eigenvalue weighted by Gasteiger charge is -2.14. The van der Waals surface area contributed by atoms with Gasteiger partial charge in [0, 0.05) is 12.2 Å². The number of carbonyl (C=O) groups is 2. The van der Waals surface area contributed by atoms with Crippen LogP contribution in [0.2, 0.25) is 0 Å². The summed E-state index contributed by atoms with van der Waals surface area (Å²) in [7, 11) is 0. The van der Waals surface area contributed by atoms with Crippen molar-refractivity contribution < 1.29 is 14.7 Å². The van der Waals surface area contributed by atoms with Gasteiger partial charge in [0.25, 0.3) is 0 Å². The quantitative estimate of drug-likeness (QED) is 0.637. The highest BCUT2D eigenvalue weighted by Gasteiger charge is 2.14. The molecule has 1 atom stereocenters. The van der Waals surface area contributed by atoms with Crippen LogP contribution in [-0.4, -0.2) is 23.1 Å². The average Bonchev–Trinajstić information content (AvgIpc) is 2.36. The SMILES string of the molecule is CC(C)CC(N)C(=O)NCc1ccc(NC(=O)O)cc1. The molecule has 0 bridgehead atoms. The van der Waals surface area contributed by atoms with Crippen molar-refractivity contribution >= 4 is 17.7 Å². The summed E-state index contributed by atoms with van der Waals surface area (Å²) in [5.74, 6) is 0.198. The summed E-state index contributed by atoms with van der Waals surface area (Å²) >= 11 is 0. The Hall–Kier alpha value is -2.08. The summed E-state index contributed by atoms with van der Waals surface area (Å²) in [5.41, 5.74) is 7.14. The van der Waals surface area contributed by atoms with Crippen LogP contribution < -0.4 is 16.4 Å². The fourth-order valence-electron chi connectivity index (χ4n) is 1.76. The van der Waals surface area contributed by atoms with Crippen molar-refractivity contribution in [1.82, 2.24) is 5.32 Å². The van der Waals surface area contributed by atoms with Crippen LogP contribution in [-0.2, 0) is 11.3 Å². The van der Waals surface area contributed by atoms with Gasteiger partial charge in [0.15, 0.2) is 0 Å². The Kier molecular flexibility index (Phi) is 5.99. The summed E-state index contributed by atoms with van der Waals surface area (Å²) in [6.45, 7) is 4.40. The minimum atomic E-state index is -1.11. The second-order valence-corrected chi connectivity index (χ2v) is 5.08. The van der Waals surface area contributed by atoms with Crippen molar-refractivity contribution in [1.29, 1.82) is 0 Å². The molecule has 0 aliphatic heterocycles. The van der Waals surface area contributed by atoms with E-state index in [4.69, 9.17) is 10.8 Å². The van der Waals surface area contributed by atoms with Crippen molar-refractivity contribution in [2.75, 3.05) is 5.32 Å². The number of nitrogens with one attached hydrogen (secondary N) is 2. The molecule has 1 aromatic rings. The molecule has 0 aliphatic rings. The van der Waals surface area contributed by atoms with Crippen LogP contribution in [0.25, 0.3) is 0 Å². The molecule has 0 radical (unpaired) electrons. The zero-order valence-electron chi connectivity index (χ0n) is 11.7. The monoisotopic (exact) mass is 279 g/mol. The molecule has 5 N–H and O–H groups in total. The highest BCUT2D eigenvalue weighted by atomic mass is 16.4. The van der Waals surface area contributed by atoms with Gasteiger partial charge in [0.1, 0.15) is 0 Å². The third-order valence-corrected chi connectivity index (χ3v) is 2.73. The predicted molar refractivity (Wildman–Crippen MR) is 77.4 cm³/mol. The number of rotatable bonds is 6. The van der Waals surface area contributed by atoms with Gasteiger partial charge in [-0.3, -0.25) is 10.1 Å². The predicted octanol–water partition coefficient (Wildman–Crippen LogP) is 1.77. The molecule has 2 amide bonds. The van der Waals surface area contributed by atoms with E-state index < -0.39 is 12.1 Å². The maximum Gasteiger partial charge on any atom is 0.409 e. The van der Waals surface area contributed by atoms with Crippen LogP contribution in [0.4, 0.5) is 10.5 Å². The number of benzene rings is 1. The summed E-state index contributed by atoms with van der Waals surface area (Å²) in [5, 5.41) is 13.6. The summed E-state index contributed by atoms with van der Waals surface area (Å²) in [6, 6.07) is 6.29. The normalized spacial score (nSPS) is 12.0. The lowest BCUT2D eigenvalue weighted by Crippen LogP contribution is -2.41. The summed E-state index contributed by atoms with van der Waals surface area (Å²) in [4.78, 5) is 22.2. The Morgan fingerprint density at radius 2 is 1.85 bits per heavy atom. The van der Waals surface area contributed by atoms with Crippen molar-refractivity contribution in [3.63, 3.8) is 0 Å². The maximum atomic E-state index is 11.7. The Bertz CT molecular complexity index is 457. The number of carbonyl (C=O) groups excluding carboxylic acids is 1. The minimum absolute atomic E-state index is 0.175. The van der Waals surface area contributed by atoms with E-state index in [9.17, 15) is 9.59 Å². The number of anilines is 1. The smallest absolute Gasteiger partial charge is 0.409 e. The molecule has 0 saturated heterocycles. The van der Waals surface area contributed by atoms with Crippen LogP contribution in [0.5, 0.6) is 0 Å². The molecule has 0 aromatic heterocycles. The van der Waals surface area contributed by atoms with E-state index in [2.05, 4.69) is 10.6 Å². The Balaban J connectivity index is 2.45. The van der Waals surface area contributed by atoms with Crippen LogP contribution in [0, 0.1) is 5.92 Å². The zero-order chi connectivity index (χ0) is 15.1. The first kappa shape index (κ1) is 16.0. The van der Waals surface area contributed by atoms with Gasteiger partial charge in [-0.05, 0) is 30.0 Å². The molecule has 20 heavy (non-hydrogen) atoms. The van der Waals surface area contributed by atoms with Crippen molar-refractivity contribution in [3.05, 3.63) is 29.8 Å². The summed E-state index contributed by atoms with van der Waals surface area (Å²) in [6.07, 6.45) is -0.460. The van der Waals surface area contributed by atoms with E-state index >= 15 is 0 Å². The first-order chi connectivity index (χ1) is 9.38. The summed E-state index contributed by atoms with van der Waals surface area (Å²) < 4.78 is 0. The van der Waals surface area contributed by atoms with Gasteiger partial charge < -0.3 is 16.2 Å². The molecule has 0 spiro atoms. The molecule has 1 unspecified atom stereocenters. The van der Waals surface area contributed by atoms with Gasteiger partial charge in [-0.15, -0.1) is 0 Å². The first-order valence-electron chi connectivity index (χ1n) is 6.50. The van der Waals surface area contributed by atoms with Gasteiger partial charge >= 0.3 is 6.09 Å². The Labute approximate surface area is 118 Å². The van der Waals surface area contributed by atoms with Gasteiger partial charge in [0.2, 0.25) is 5.91 Å². The van der Waals surface area contributed by atoms with Gasteiger partial charge in [-0.2, -0.15) is 0 Å². The molecular formula is C14H21N3O3. The van der Waals surface area contributed by atoms with Crippen LogP contribution in [0.15, 0.2) is 24.3 Å². The molecule has 110 valence electrons. The first-order valence-corrected chi connectivity index (χ1v) is 6.50. The fourth-order valence-corrected chi connectivity index (χ4v) is 1.76. The molecule has 6 heteroatoms. The number of hydrogen-bond donors (Lipinski definition) is 4. The van der Waals surface area contributed by atoms with Crippen molar-refractivity contribution in [3.8, 4) is 0 Å². The number of carboxylic acid groups (broad SMARTS) is 1. The highest BCUT2D eigenvalue weighted by molar-refractivity contribution is 5.83. The zero-order valence-corrected chi connectivity index (χ0v) is 11.7. The maximum absolute atomic E-state index is 11.7. The van der Waals surface area contributed by atoms with Crippen LogP contribution in [0.3, 0.4) is 0 Å². The number of amides is 2. The van der Waals surface area contributed by atoms with Crippen molar-refractivity contribution in [2.45, 2.75) is 32.9 Å². The second kappa shape index (κ2) is 7.49. The largest absolute Gasteiger partial charge is 0.465 e. The molecule has 1 aromatic carbocycles. The average molecular weight is 279 g/mol. The minimum Gasteiger partial charge on any atom is -0.465 e. The van der Waals surface area contributed by atoms with Gasteiger partial charge in [-0.25, -0.2) is 4.79 Å². The van der Waals surface area contributed by atoms with E-state index in [1.165, 1.54) is 0 Å². The molecule has 6 nitrogen and oxygen atoms in total. The van der Waals surface area contributed by atoms with Gasteiger partial charge in [0.05, 0.1) is 6.04 Å². The van der Waals surface area contributed by atoms with E-state index in [-0.39, 0.29) is 5.91 Å². The topological polar surface area (TPSA) is 104 Å². The van der Waals surface area contributed by atoms with E-state index in [0.29, 0.717) is 24.6 Å². The Morgan fingerprint density at radius 3 is 2.35 bits per heavy atom. The molecule has 0 aliphatic carbocycles. The number of nitrogens with two attached hydrogens (primary N) is 1. The fraction of sp³-hybridized carbons (Fsp3) is 0.429. The molecule has 0 heterocycles. The van der Waals surface area contributed by atoms with Crippen LogP contribution in [0.1, 0.15) is 25.8 Å². The highest BCUT2D eigenvalue weighted by Crippen LogP contribution is 2.09. The van der Waals surface area contributed by atoms with E-state index in [1.54, 1.807) is 24.3 Å². The lowest BCUT2D eigenvalue weighted by atomic mass is 10.0. The third-order valence-electron chi connectivity index (χ3n) is 2.73. The Morgan fingerprint density at radius 1 is 1.25 bits per heavy atom. The van der Waals surface area contributed by atoms with E-state index in [1.807, 2.05) is 13.8 Å². The van der Waals surface area contributed by atoms with E-state index in [0.717, 1.165) is 5.56 Å². The molecule has 0 saturated carbocycles. The van der Waals surface area contributed by atoms with Crippen LogP contribution >= 0.6 is 0 Å². The van der Waals surface area contributed by atoms with Crippen molar-refractivity contribution in [2.24, 2.45) is 11.7 Å². The molecular weight excluding hydrogens is 258 g/mol. The van der Waals surface area contributed by atoms with Gasteiger partial charge in [-0.1, -0.05) is 26.0 Å². The third kappa shape index (κ3) is 5.71. The standard InChI is InChI=1S/C14H21N3O3/c1-9(2)7-12(15)13(18)16-8-10-3-5-11(6-4-10)17-14(19)20/h3-6,9,12,17H,7-8,15H2,1-2H3,(H,16,18)(H,19,20).